The molecular weight excluding hydrogens is 224 g/mol. The molecule has 0 fully saturated rings. The Morgan fingerprint density at radius 1 is 1.17 bits per heavy atom. The number of nitrogens with zero attached hydrogens (tertiary/aromatic N) is 2. The lowest BCUT2D eigenvalue weighted by atomic mass is 10.1. The van der Waals surface area contributed by atoms with E-state index >= 15 is 0 Å². The zero-order valence-electron chi connectivity index (χ0n) is 10.00. The summed E-state index contributed by atoms with van der Waals surface area (Å²) in [6.07, 6.45) is 2.64. The van der Waals surface area contributed by atoms with Crippen LogP contribution in [0.15, 0.2) is 48.7 Å². The van der Waals surface area contributed by atoms with Crippen molar-refractivity contribution in [3.8, 4) is 11.4 Å². The Labute approximate surface area is 105 Å². The number of aldehydes is 1. The fourth-order valence-electron chi connectivity index (χ4n) is 2.15. The third kappa shape index (κ3) is 1.61. The average molecular weight is 236 g/mol. The third-order valence-electron chi connectivity index (χ3n) is 2.98. The average Bonchev–Trinajstić information content (AvgIpc) is 2.82. The number of aryl methyl sites for hydroxylation is 1. The molecule has 3 rings (SSSR count). The Morgan fingerprint density at radius 3 is 2.78 bits per heavy atom. The van der Waals surface area contributed by atoms with Crippen LogP contribution >= 0.6 is 0 Å². The van der Waals surface area contributed by atoms with E-state index in [0.29, 0.717) is 5.69 Å². The Hall–Kier alpha value is -2.42. The predicted octanol–water partition coefficient (Wildman–Crippen LogP) is 3.12. The minimum absolute atomic E-state index is 0.613. The largest absolute Gasteiger partial charge is 0.296 e. The maximum Gasteiger partial charge on any atom is 0.166 e. The van der Waals surface area contributed by atoms with Gasteiger partial charge in [0.15, 0.2) is 6.29 Å². The van der Waals surface area contributed by atoms with Crippen molar-refractivity contribution in [1.82, 2.24) is 9.38 Å². The van der Waals surface area contributed by atoms with Gasteiger partial charge >= 0.3 is 0 Å². The highest BCUT2D eigenvalue weighted by Crippen LogP contribution is 2.21. The van der Waals surface area contributed by atoms with Gasteiger partial charge < -0.3 is 0 Å². The van der Waals surface area contributed by atoms with E-state index in [2.05, 4.69) is 11.1 Å². The first-order valence-corrected chi connectivity index (χ1v) is 5.78. The van der Waals surface area contributed by atoms with E-state index in [0.717, 1.165) is 23.2 Å². The van der Waals surface area contributed by atoms with Crippen molar-refractivity contribution >= 4 is 11.8 Å². The van der Waals surface area contributed by atoms with Crippen LogP contribution in [0.4, 0.5) is 0 Å². The van der Waals surface area contributed by atoms with E-state index < -0.39 is 0 Å². The summed E-state index contributed by atoms with van der Waals surface area (Å²) in [6, 6.07) is 13.7. The summed E-state index contributed by atoms with van der Waals surface area (Å²) < 4.78 is 1.88. The zero-order valence-corrected chi connectivity index (χ0v) is 10.00. The number of carbonyl (C=O) groups is 1. The first-order chi connectivity index (χ1) is 8.79. The van der Waals surface area contributed by atoms with E-state index in [1.807, 2.05) is 41.7 Å². The number of imidazole rings is 1. The normalized spacial score (nSPS) is 10.7. The Morgan fingerprint density at radius 2 is 2.00 bits per heavy atom. The number of aromatic nitrogens is 2. The highest BCUT2D eigenvalue weighted by Gasteiger charge is 2.09. The fraction of sp³-hybridized carbons (Fsp3) is 0.0667. The molecule has 3 nitrogen and oxygen atoms in total. The van der Waals surface area contributed by atoms with E-state index in [1.54, 1.807) is 12.3 Å². The quantitative estimate of drug-likeness (QED) is 0.641. The molecule has 0 spiro atoms. The molecule has 88 valence electrons. The monoisotopic (exact) mass is 236 g/mol. The number of pyridine rings is 1. The van der Waals surface area contributed by atoms with Gasteiger partial charge in [0, 0.05) is 5.56 Å². The number of benzene rings is 1. The van der Waals surface area contributed by atoms with Gasteiger partial charge in [-0.15, -0.1) is 0 Å². The van der Waals surface area contributed by atoms with E-state index in [1.165, 1.54) is 5.56 Å². The summed E-state index contributed by atoms with van der Waals surface area (Å²) in [6.45, 7) is 2.04. The van der Waals surface area contributed by atoms with Crippen LogP contribution in [0.2, 0.25) is 0 Å². The van der Waals surface area contributed by atoms with Gasteiger partial charge in [0.05, 0.1) is 17.4 Å². The van der Waals surface area contributed by atoms with Crippen molar-refractivity contribution in [3.05, 3.63) is 59.9 Å². The van der Waals surface area contributed by atoms with Crippen molar-refractivity contribution in [2.75, 3.05) is 0 Å². The Kier molecular flexibility index (Phi) is 2.45. The van der Waals surface area contributed by atoms with Crippen molar-refractivity contribution < 1.29 is 4.79 Å². The molecule has 3 aromatic rings. The SMILES string of the molecule is Cc1cccc(-c2ncc3cccc(C=O)n23)c1. The van der Waals surface area contributed by atoms with Gasteiger partial charge in [0.1, 0.15) is 5.82 Å². The lowest BCUT2D eigenvalue weighted by molar-refractivity contribution is 0.111. The molecule has 0 unspecified atom stereocenters. The van der Waals surface area contributed by atoms with Crippen molar-refractivity contribution in [1.29, 1.82) is 0 Å². The summed E-state index contributed by atoms with van der Waals surface area (Å²) in [5, 5.41) is 0. The van der Waals surface area contributed by atoms with Crippen molar-refractivity contribution in [2.24, 2.45) is 0 Å². The summed E-state index contributed by atoms with van der Waals surface area (Å²) in [4.78, 5) is 15.5. The van der Waals surface area contributed by atoms with Crippen molar-refractivity contribution in [2.45, 2.75) is 6.92 Å². The molecule has 3 heteroatoms. The third-order valence-corrected chi connectivity index (χ3v) is 2.98. The molecule has 0 aliphatic rings. The number of fused-ring (bicyclic) bond motifs is 1. The van der Waals surface area contributed by atoms with Crippen LogP contribution in [0.25, 0.3) is 16.9 Å². The summed E-state index contributed by atoms with van der Waals surface area (Å²) >= 11 is 0. The fourth-order valence-corrected chi connectivity index (χ4v) is 2.15. The molecule has 0 aliphatic heterocycles. The number of rotatable bonds is 2. The van der Waals surface area contributed by atoms with E-state index in [9.17, 15) is 4.79 Å². The zero-order chi connectivity index (χ0) is 12.5. The molecule has 0 atom stereocenters. The molecule has 0 saturated heterocycles. The number of hydrogen-bond acceptors (Lipinski definition) is 2. The topological polar surface area (TPSA) is 34.4 Å². The molecular formula is C15H12N2O. The first-order valence-electron chi connectivity index (χ1n) is 5.78. The van der Waals surface area contributed by atoms with Crippen LogP contribution in [0.5, 0.6) is 0 Å². The Balaban J connectivity index is 2.33. The molecule has 0 radical (unpaired) electrons. The minimum Gasteiger partial charge on any atom is -0.296 e. The smallest absolute Gasteiger partial charge is 0.166 e. The second-order valence-corrected chi connectivity index (χ2v) is 4.28. The molecule has 0 amide bonds. The summed E-state index contributed by atoms with van der Waals surface area (Å²) in [7, 11) is 0. The molecule has 2 heterocycles. The van der Waals surface area contributed by atoms with Crippen molar-refractivity contribution in [3.63, 3.8) is 0 Å². The maximum absolute atomic E-state index is 11.1. The van der Waals surface area contributed by atoms with Gasteiger partial charge in [-0.25, -0.2) is 4.98 Å². The van der Waals surface area contributed by atoms with E-state index in [4.69, 9.17) is 0 Å². The lowest BCUT2D eigenvalue weighted by Gasteiger charge is -2.05. The maximum atomic E-state index is 11.1. The van der Waals surface area contributed by atoms with Gasteiger partial charge in [-0.05, 0) is 25.1 Å². The Bertz CT molecular complexity index is 728. The van der Waals surface area contributed by atoms with E-state index in [-0.39, 0.29) is 0 Å². The molecule has 0 N–H and O–H groups in total. The first kappa shape index (κ1) is 10.7. The van der Waals surface area contributed by atoms with Gasteiger partial charge in [-0.1, -0.05) is 29.8 Å². The van der Waals surface area contributed by atoms with Gasteiger partial charge in [0.25, 0.3) is 0 Å². The second kappa shape index (κ2) is 4.11. The van der Waals surface area contributed by atoms with Gasteiger partial charge in [-0.2, -0.15) is 0 Å². The van der Waals surface area contributed by atoms with Crippen LogP contribution in [-0.4, -0.2) is 15.7 Å². The van der Waals surface area contributed by atoms with Crippen LogP contribution < -0.4 is 0 Å². The highest BCUT2D eigenvalue weighted by atomic mass is 16.1. The second-order valence-electron chi connectivity index (χ2n) is 4.28. The molecule has 2 aromatic heterocycles. The highest BCUT2D eigenvalue weighted by molar-refractivity contribution is 5.77. The van der Waals surface area contributed by atoms with Crippen LogP contribution in [0.3, 0.4) is 0 Å². The lowest BCUT2D eigenvalue weighted by Crippen LogP contribution is -1.97. The standard InChI is InChI=1S/C15H12N2O/c1-11-4-2-5-12(8-11)15-16-9-13-6-3-7-14(10-18)17(13)15/h2-10H,1H3. The molecule has 0 aliphatic carbocycles. The van der Waals surface area contributed by atoms with Gasteiger partial charge in [-0.3, -0.25) is 9.20 Å². The summed E-state index contributed by atoms with van der Waals surface area (Å²) in [5.74, 6) is 0.802. The van der Waals surface area contributed by atoms with Crippen LogP contribution in [0, 0.1) is 6.92 Å². The van der Waals surface area contributed by atoms with Crippen LogP contribution in [0.1, 0.15) is 16.1 Å². The molecule has 18 heavy (non-hydrogen) atoms. The predicted molar refractivity (Wildman–Crippen MR) is 70.8 cm³/mol. The molecule has 0 bridgehead atoms. The van der Waals surface area contributed by atoms with Crippen LogP contribution in [-0.2, 0) is 0 Å². The number of carbonyl (C=O) groups excluding carboxylic acids is 1. The molecule has 0 saturated carbocycles. The van der Waals surface area contributed by atoms with Gasteiger partial charge in [0.2, 0.25) is 0 Å². The molecule has 1 aromatic carbocycles. The minimum atomic E-state index is 0.613. The summed E-state index contributed by atoms with van der Waals surface area (Å²) in [5.41, 5.74) is 3.73. The number of hydrogen-bond donors (Lipinski definition) is 0.